The highest BCUT2D eigenvalue weighted by atomic mass is 32.2. The van der Waals surface area contributed by atoms with Gasteiger partial charge in [-0.15, -0.1) is 0 Å². The number of aliphatic imine (C=N–C) groups is 1. The highest BCUT2D eigenvalue weighted by Crippen LogP contribution is 2.28. The van der Waals surface area contributed by atoms with Crippen molar-refractivity contribution in [3.05, 3.63) is 173 Å². The third-order valence-electron chi connectivity index (χ3n) is 19.8. The predicted octanol–water partition coefficient (Wildman–Crippen LogP) is 18.5. The van der Waals surface area contributed by atoms with E-state index in [0.717, 1.165) is 127 Å². The molecule has 9 rings (SSSR count). The monoisotopic (exact) mass is 1870 g/mol. The third-order valence-corrected chi connectivity index (χ3v) is 20.6. The van der Waals surface area contributed by atoms with Crippen molar-refractivity contribution < 1.29 is 95.3 Å². The molecule has 3 radical (unpaired) electrons. The highest BCUT2D eigenvalue weighted by molar-refractivity contribution is 7.85. The van der Waals surface area contributed by atoms with E-state index in [-0.39, 0.29) is 107 Å². The van der Waals surface area contributed by atoms with Gasteiger partial charge < -0.3 is 90.7 Å². The van der Waals surface area contributed by atoms with Crippen LogP contribution in [0.5, 0.6) is 0 Å². The molecule has 3 amide bonds. The van der Waals surface area contributed by atoms with Crippen molar-refractivity contribution >= 4 is 60.7 Å². The molecular formula is C102H174BN8O20S. The number of carbonyl (C=O) groups excluding carboxylic acids is 6. The van der Waals surface area contributed by atoms with Crippen LogP contribution in [0.3, 0.4) is 0 Å². The number of aliphatic hydroxyl groups is 4. The maximum absolute atomic E-state index is 12.0. The summed E-state index contributed by atoms with van der Waals surface area (Å²) in [7, 11) is -4.02. The molecule has 4 heterocycles. The molecule has 0 unspecified atom stereocenters. The van der Waals surface area contributed by atoms with Crippen molar-refractivity contribution in [2.24, 2.45) is 10.7 Å². The smallest absolute Gasteiger partial charge is 0.408 e. The number of aldehydes is 1. The van der Waals surface area contributed by atoms with E-state index in [1.807, 2.05) is 180 Å². The summed E-state index contributed by atoms with van der Waals surface area (Å²) < 4.78 is 65.3. The SMILES string of the molecule is C.C.C1CCOC1.C1CCOC1.CC1=N[C@H](c2ccccc2)COC1=O.CCC[C@@](C)(N)CO.CCC[C@@]1(C)N[C@H](c2ccccc2)COC1=O.CCC[C@](C)(C=O)NC(=O)OC(C)(C)C.CCC[C@](C)(CNCc1ccccc1)NC(=O)OC(C)(C)C.CCC[C@](C)(CO)NC(=O)OC(C)(C)C.CCC[C@](C)(CO)N[C@@H](CO)c1ccccc1.Cc1ccc(S(=O)(=O)O)cc1.[B]. The fourth-order valence-electron chi connectivity index (χ4n) is 13.1. The minimum atomic E-state index is -4.02. The summed E-state index contributed by atoms with van der Waals surface area (Å²) in [5.74, 6) is -0.441. The van der Waals surface area contributed by atoms with Crippen molar-refractivity contribution in [1.29, 1.82) is 0 Å². The Morgan fingerprint density at radius 3 is 1.33 bits per heavy atom. The van der Waals surface area contributed by atoms with Crippen LogP contribution in [0.1, 0.15) is 316 Å². The van der Waals surface area contributed by atoms with Gasteiger partial charge in [0.1, 0.15) is 53.6 Å². The number of aryl methyl sites for hydroxylation is 1. The van der Waals surface area contributed by atoms with Gasteiger partial charge in [-0.05, 0) is 216 Å². The Kier molecular flexibility index (Phi) is 66.9. The zero-order valence-electron chi connectivity index (χ0n) is 82.8. The Hall–Kier alpha value is -8.24. The number of alkyl carbamates (subject to hydrolysis) is 3. The van der Waals surface area contributed by atoms with Gasteiger partial charge in [0.2, 0.25) is 0 Å². The molecule has 5 aromatic carbocycles. The minimum absolute atomic E-state index is 0. The predicted molar refractivity (Wildman–Crippen MR) is 534 cm³/mol. The number of carbonyl (C=O) groups is 6. The maximum Gasteiger partial charge on any atom is 0.408 e. The zero-order valence-corrected chi connectivity index (χ0v) is 83.7. The van der Waals surface area contributed by atoms with Gasteiger partial charge in [0.15, 0.2) is 0 Å². The van der Waals surface area contributed by atoms with E-state index in [0.29, 0.717) is 31.9 Å². The number of esters is 2. The van der Waals surface area contributed by atoms with E-state index in [2.05, 4.69) is 95.8 Å². The van der Waals surface area contributed by atoms with Gasteiger partial charge in [-0.2, -0.15) is 8.42 Å². The number of rotatable bonds is 30. The van der Waals surface area contributed by atoms with Crippen LogP contribution in [0.2, 0.25) is 0 Å². The number of cyclic esters (lactones) is 2. The van der Waals surface area contributed by atoms with Crippen molar-refractivity contribution in [3.63, 3.8) is 0 Å². The molecule has 0 bridgehead atoms. The summed E-state index contributed by atoms with van der Waals surface area (Å²) in [6, 6.07) is 46.0. The molecule has 4 aliphatic rings. The summed E-state index contributed by atoms with van der Waals surface area (Å²) >= 11 is 0. The average molecular weight is 1880 g/mol. The molecule has 0 aliphatic carbocycles. The van der Waals surface area contributed by atoms with Crippen molar-refractivity contribution in [2.45, 2.75) is 356 Å². The summed E-state index contributed by atoms with van der Waals surface area (Å²) in [5, 5.41) is 55.2. The average Bonchev–Trinajstić information content (AvgIpc) is 1.23. The molecule has 0 aromatic heterocycles. The summed E-state index contributed by atoms with van der Waals surface area (Å²) in [6.07, 6.45) is 15.0. The lowest BCUT2D eigenvalue weighted by Gasteiger charge is -2.38. The maximum atomic E-state index is 12.0. The number of hydrogen-bond donors (Lipinski definition) is 12. The van der Waals surface area contributed by atoms with Crippen LogP contribution in [0, 0.1) is 6.92 Å². The molecule has 751 valence electrons. The highest BCUT2D eigenvalue weighted by Gasteiger charge is 2.41. The third kappa shape index (κ3) is 60.9. The second kappa shape index (κ2) is 67.9. The Morgan fingerprint density at radius 2 is 0.955 bits per heavy atom. The first-order valence-electron chi connectivity index (χ1n) is 45.6. The Bertz CT molecular complexity index is 3980. The number of nitrogens with one attached hydrogen (secondary N) is 6. The number of nitrogens with two attached hydrogens (primary N) is 1. The number of benzene rings is 5. The van der Waals surface area contributed by atoms with Crippen molar-refractivity contribution in [2.75, 3.05) is 72.6 Å². The second-order valence-corrected chi connectivity index (χ2v) is 38.7. The number of aliphatic hydroxyl groups excluding tert-OH is 4. The van der Waals surface area contributed by atoms with E-state index in [9.17, 15) is 52.5 Å². The fourth-order valence-corrected chi connectivity index (χ4v) is 13.6. The molecule has 0 saturated carbocycles. The molecule has 5 aromatic rings. The van der Waals surface area contributed by atoms with E-state index < -0.39 is 55.7 Å². The number of ether oxygens (including phenoxy) is 7. The molecule has 9 atom stereocenters. The Morgan fingerprint density at radius 1 is 0.545 bits per heavy atom. The molecule has 4 aliphatic heterocycles. The summed E-state index contributed by atoms with van der Waals surface area (Å²) in [4.78, 5) is 72.8. The fraction of sp³-hybridized carbons (Fsp3) is 0.637. The van der Waals surface area contributed by atoms with Crippen LogP contribution in [-0.4, -0.2) is 207 Å². The molecule has 13 N–H and O–H groups in total. The standard InChI is InChI=1S/C18H30N2O2.C14H19NO2.C14H23NO2.C11H23NO3.C11H21NO3.C11H11NO2.C7H8O3S.C6H15NO.2C4H8O.2CH4.B/c1-6-12-18(5,20-16(21)22-17(2,3)4)14-19-13-15-10-8-7-9-11-15;1-3-9-14(2)13(16)17-10-12(15-14)11-7-5-4-6-8-11;1-3-9-14(2,11-17)15-13(10-16)12-7-5-4-6-8-12;2*1-6-7-11(5,8-13)12-9(14)15-10(2,3)4;1-8-11(13)14-7-10(12-8)9-5-3-2-4-6-9;1-6-2-4-7(5-3-6)11(8,9)10;1-3-4-6(2,7)5-8;2*1-2-4-5-3-1;;;/h7-11,19H,6,12-14H2,1-5H3,(H,20,21);4-8,12,15H,3,9-10H2,1-2H3;4-8,13,15-17H,3,9-11H2,1-2H3;13H,6-8H2,1-5H3,(H,12,14);8H,6-7H2,1-5H3,(H,12,14);2-6,10H,7H2,1H3;2-5H,1H3,(H,8,9,10);8H,3-5,7H2,1-2H3;2*1-4H2;2*1H4;/t18-;12-,14+;13-,14+;2*11-;10-;;6-;;;;;/m100110.1...../s1. The van der Waals surface area contributed by atoms with Crippen LogP contribution in [0.25, 0.3) is 0 Å². The zero-order chi connectivity index (χ0) is 98.0. The summed E-state index contributed by atoms with van der Waals surface area (Å²) in [6.45, 7) is 49.9. The number of amides is 3. The number of nitrogens with zero attached hydrogens (tertiary/aromatic N) is 1. The minimum Gasteiger partial charge on any atom is -0.462 e. The second-order valence-electron chi connectivity index (χ2n) is 37.3. The van der Waals surface area contributed by atoms with Crippen LogP contribution in [0.4, 0.5) is 14.4 Å². The van der Waals surface area contributed by atoms with Gasteiger partial charge in [0.25, 0.3) is 10.1 Å². The first kappa shape index (κ1) is 130. The molecule has 3 saturated heterocycles. The van der Waals surface area contributed by atoms with Crippen LogP contribution in [-0.2, 0) is 64.2 Å². The van der Waals surface area contributed by atoms with E-state index >= 15 is 0 Å². The van der Waals surface area contributed by atoms with Gasteiger partial charge in [-0.3, -0.25) is 19.7 Å². The molecular weight excluding hydrogens is 1700 g/mol. The largest absolute Gasteiger partial charge is 0.462 e. The molecule has 0 spiro atoms. The molecule has 3 fully saturated rings. The van der Waals surface area contributed by atoms with Gasteiger partial charge in [0, 0.05) is 59.0 Å². The molecule has 132 heavy (non-hydrogen) atoms. The summed E-state index contributed by atoms with van der Waals surface area (Å²) in [5.41, 5.74) is 7.03. The van der Waals surface area contributed by atoms with E-state index in [1.165, 1.54) is 48.9 Å². The lowest BCUT2D eigenvalue weighted by atomic mass is 9.92. The normalized spacial score (nSPS) is 17.8. The van der Waals surface area contributed by atoms with Crippen LogP contribution in [0.15, 0.2) is 155 Å². The first-order valence-corrected chi connectivity index (χ1v) is 47.1. The van der Waals surface area contributed by atoms with E-state index in [4.69, 9.17) is 48.6 Å². The van der Waals surface area contributed by atoms with E-state index in [1.54, 1.807) is 53.7 Å². The number of morpholine rings is 1. The van der Waals surface area contributed by atoms with Gasteiger partial charge >= 0.3 is 30.2 Å². The Balaban J connectivity index is -0.000000702. The molecule has 28 nitrogen and oxygen atoms in total. The first-order chi connectivity index (χ1) is 60.4. The van der Waals surface area contributed by atoms with Gasteiger partial charge in [-0.25, -0.2) is 19.2 Å². The van der Waals surface area contributed by atoms with Crippen LogP contribution < -0.4 is 37.6 Å². The quantitative estimate of drug-likeness (QED) is 0.00668. The van der Waals surface area contributed by atoms with Gasteiger partial charge in [0.05, 0.1) is 60.0 Å². The van der Waals surface area contributed by atoms with Gasteiger partial charge in [-0.1, -0.05) is 234 Å². The Labute approximate surface area is 796 Å². The molecule has 30 heteroatoms. The van der Waals surface area contributed by atoms with Crippen LogP contribution >= 0.6 is 0 Å². The number of hydrogen-bond acceptors (Lipinski definition) is 24. The topological polar surface area (TPSA) is 413 Å². The lowest BCUT2D eigenvalue weighted by Crippen LogP contribution is -2.56. The van der Waals surface area contributed by atoms with Crippen molar-refractivity contribution in [1.82, 2.24) is 31.9 Å². The lowest BCUT2D eigenvalue weighted by molar-refractivity contribution is -0.158. The van der Waals surface area contributed by atoms with Crippen molar-refractivity contribution in [3.8, 4) is 0 Å².